The third-order valence-corrected chi connectivity index (χ3v) is 6.37. The summed E-state index contributed by atoms with van der Waals surface area (Å²) in [5.41, 5.74) is 4.33. The number of rotatable bonds is 4. The van der Waals surface area contributed by atoms with Crippen molar-refractivity contribution in [1.82, 2.24) is 9.88 Å². The molecule has 6 heteroatoms. The van der Waals surface area contributed by atoms with Crippen LogP contribution in [0.1, 0.15) is 16.8 Å². The number of benzene rings is 2. The highest BCUT2D eigenvalue weighted by atomic mass is 32.2. The van der Waals surface area contributed by atoms with Gasteiger partial charge in [0.1, 0.15) is 10.4 Å². The average molecular weight is 409 g/mol. The maximum atomic E-state index is 11.9. The molecule has 2 aromatic carbocycles. The monoisotopic (exact) mass is 408 g/mol. The maximum Gasteiger partial charge on any atom is 0.326 e. The number of carboxylic acid groups (broad SMARTS) is 1. The van der Waals surface area contributed by atoms with E-state index in [1.807, 2.05) is 59.5 Å². The van der Waals surface area contributed by atoms with E-state index in [0.29, 0.717) is 23.0 Å². The Bertz CT molecular complexity index is 1040. The van der Waals surface area contributed by atoms with Gasteiger partial charge in [-0.05, 0) is 17.2 Å². The van der Waals surface area contributed by atoms with Gasteiger partial charge < -0.3 is 15.0 Å². The Kier molecular flexibility index (Phi) is 5.50. The van der Waals surface area contributed by atoms with Gasteiger partial charge in [0.15, 0.2) is 0 Å². The molecule has 4 nitrogen and oxygen atoms in total. The minimum Gasteiger partial charge on any atom is -0.480 e. The summed E-state index contributed by atoms with van der Waals surface area (Å²) in [6.07, 6.45) is 4.56. The predicted octanol–water partition coefficient (Wildman–Crippen LogP) is 4.71. The zero-order valence-electron chi connectivity index (χ0n) is 15.2. The van der Waals surface area contributed by atoms with E-state index in [0.717, 1.165) is 27.7 Å². The molecule has 1 aliphatic rings. The Morgan fingerprint density at radius 1 is 1.21 bits per heavy atom. The van der Waals surface area contributed by atoms with Crippen molar-refractivity contribution in [2.45, 2.75) is 19.0 Å². The molecule has 0 bridgehead atoms. The second-order valence-corrected chi connectivity index (χ2v) is 8.36. The van der Waals surface area contributed by atoms with Crippen molar-refractivity contribution in [2.75, 3.05) is 5.75 Å². The molecule has 0 radical (unpaired) electrons. The van der Waals surface area contributed by atoms with Crippen LogP contribution in [0.2, 0.25) is 0 Å². The van der Waals surface area contributed by atoms with Gasteiger partial charge in [-0.2, -0.15) is 0 Å². The number of thioether (sulfide) groups is 1. The summed E-state index contributed by atoms with van der Waals surface area (Å²) in [5, 5.41) is 10.9. The molecular formula is C22H20N2O2S2. The molecule has 1 aliphatic heterocycles. The van der Waals surface area contributed by atoms with E-state index < -0.39 is 12.0 Å². The number of aliphatic carboxylic acids is 1. The molecule has 1 unspecified atom stereocenters. The van der Waals surface area contributed by atoms with Crippen molar-refractivity contribution >= 4 is 51.2 Å². The van der Waals surface area contributed by atoms with Crippen LogP contribution >= 0.6 is 24.0 Å². The first kappa shape index (κ1) is 18.8. The van der Waals surface area contributed by atoms with Gasteiger partial charge in [-0.25, -0.2) is 4.79 Å². The van der Waals surface area contributed by atoms with Crippen LogP contribution in [0.25, 0.3) is 17.0 Å². The number of aromatic amines is 1. The molecule has 4 rings (SSSR count). The van der Waals surface area contributed by atoms with E-state index in [2.05, 4.69) is 17.1 Å². The van der Waals surface area contributed by atoms with Crippen molar-refractivity contribution in [3.8, 4) is 0 Å². The summed E-state index contributed by atoms with van der Waals surface area (Å²) in [6.45, 7) is 0.495. The molecule has 0 aliphatic carbocycles. The topological polar surface area (TPSA) is 56.3 Å². The van der Waals surface area contributed by atoms with Crippen LogP contribution < -0.4 is 0 Å². The third-order valence-electron chi connectivity index (χ3n) is 4.94. The SMILES string of the molecule is O=C(O)C1Cc2c([nH]c3ccccc23)CN1C(=S)SC/C=C/c1ccccc1. The molecule has 0 spiro atoms. The Morgan fingerprint density at radius 3 is 2.75 bits per heavy atom. The molecule has 0 saturated carbocycles. The number of para-hydroxylation sites is 1. The van der Waals surface area contributed by atoms with Gasteiger partial charge in [0.25, 0.3) is 0 Å². The molecule has 0 saturated heterocycles. The Morgan fingerprint density at radius 2 is 1.96 bits per heavy atom. The number of nitrogens with one attached hydrogen (secondary N) is 1. The molecular weight excluding hydrogens is 388 g/mol. The number of hydrogen-bond donors (Lipinski definition) is 2. The Labute approximate surface area is 173 Å². The van der Waals surface area contributed by atoms with Gasteiger partial charge in [-0.3, -0.25) is 0 Å². The number of fused-ring (bicyclic) bond motifs is 3. The zero-order valence-corrected chi connectivity index (χ0v) is 16.8. The molecule has 1 aromatic heterocycles. The van der Waals surface area contributed by atoms with Crippen LogP contribution in [0.4, 0.5) is 0 Å². The number of hydrogen-bond acceptors (Lipinski definition) is 3. The summed E-state index contributed by atoms with van der Waals surface area (Å²) < 4.78 is 0.620. The summed E-state index contributed by atoms with van der Waals surface area (Å²) in [4.78, 5) is 17.2. The Balaban J connectivity index is 1.48. The normalized spacial score (nSPS) is 16.4. The van der Waals surface area contributed by atoms with Crippen molar-refractivity contribution in [3.05, 3.63) is 77.5 Å². The number of carbonyl (C=O) groups is 1. The standard InChI is InChI=1S/C22H20N2O2S2/c25-21(26)20-13-17-16-10-4-5-11-18(16)23-19(17)14-24(20)22(27)28-12-6-9-15-7-2-1-3-8-15/h1-11,20,23H,12-14H2,(H,25,26)/b9-6+. The van der Waals surface area contributed by atoms with Gasteiger partial charge in [-0.1, -0.05) is 84.7 Å². The highest BCUT2D eigenvalue weighted by Crippen LogP contribution is 2.32. The minimum atomic E-state index is -0.835. The van der Waals surface area contributed by atoms with Gasteiger partial charge in [-0.15, -0.1) is 0 Å². The summed E-state index contributed by atoms with van der Waals surface area (Å²) >= 11 is 7.09. The quantitative estimate of drug-likeness (QED) is 0.612. The lowest BCUT2D eigenvalue weighted by molar-refractivity contribution is -0.142. The molecule has 0 fully saturated rings. The fraction of sp³-hybridized carbons (Fsp3) is 0.182. The lowest BCUT2D eigenvalue weighted by Crippen LogP contribution is -2.47. The minimum absolute atomic E-state index is 0.454. The molecule has 1 atom stereocenters. The zero-order chi connectivity index (χ0) is 19.5. The number of thiocarbonyl (C=S) groups is 1. The molecule has 142 valence electrons. The summed E-state index contributed by atoms with van der Waals surface area (Å²) in [5.74, 6) is -0.130. The van der Waals surface area contributed by atoms with E-state index in [-0.39, 0.29) is 0 Å². The van der Waals surface area contributed by atoms with Crippen LogP contribution in [0.5, 0.6) is 0 Å². The van der Waals surface area contributed by atoms with Crippen LogP contribution in [0.15, 0.2) is 60.7 Å². The van der Waals surface area contributed by atoms with Crippen molar-refractivity contribution in [2.24, 2.45) is 0 Å². The molecule has 28 heavy (non-hydrogen) atoms. The first-order valence-electron chi connectivity index (χ1n) is 9.10. The first-order chi connectivity index (χ1) is 13.6. The fourth-order valence-electron chi connectivity index (χ4n) is 3.57. The lowest BCUT2D eigenvalue weighted by atomic mass is 9.97. The highest BCUT2D eigenvalue weighted by molar-refractivity contribution is 8.23. The van der Waals surface area contributed by atoms with Crippen LogP contribution in [-0.2, 0) is 17.8 Å². The smallest absolute Gasteiger partial charge is 0.326 e. The van der Waals surface area contributed by atoms with Gasteiger partial charge in [0.2, 0.25) is 0 Å². The number of aromatic nitrogens is 1. The third kappa shape index (κ3) is 3.84. The van der Waals surface area contributed by atoms with Crippen molar-refractivity contribution in [1.29, 1.82) is 0 Å². The summed E-state index contributed by atoms with van der Waals surface area (Å²) in [7, 11) is 0. The first-order valence-corrected chi connectivity index (χ1v) is 10.5. The van der Waals surface area contributed by atoms with Crippen LogP contribution in [0.3, 0.4) is 0 Å². The lowest BCUT2D eigenvalue weighted by Gasteiger charge is -2.34. The molecule has 2 N–H and O–H groups in total. The van der Waals surface area contributed by atoms with E-state index in [1.165, 1.54) is 11.8 Å². The number of carboxylic acids is 1. The molecule has 2 heterocycles. The van der Waals surface area contributed by atoms with Gasteiger partial charge in [0, 0.05) is 28.8 Å². The second kappa shape index (κ2) is 8.20. The summed E-state index contributed by atoms with van der Waals surface area (Å²) in [6, 6.07) is 17.5. The highest BCUT2D eigenvalue weighted by Gasteiger charge is 2.34. The predicted molar refractivity (Wildman–Crippen MR) is 120 cm³/mol. The second-order valence-electron chi connectivity index (χ2n) is 6.70. The fourth-order valence-corrected chi connectivity index (χ4v) is 4.66. The van der Waals surface area contributed by atoms with Gasteiger partial charge >= 0.3 is 5.97 Å². The van der Waals surface area contributed by atoms with E-state index in [9.17, 15) is 9.90 Å². The Hall–Kier alpha value is -2.57. The number of nitrogens with zero attached hydrogens (tertiary/aromatic N) is 1. The van der Waals surface area contributed by atoms with E-state index in [4.69, 9.17) is 12.2 Å². The number of H-pyrrole nitrogens is 1. The maximum absolute atomic E-state index is 11.9. The van der Waals surface area contributed by atoms with Crippen molar-refractivity contribution < 1.29 is 9.90 Å². The molecule has 3 aromatic rings. The van der Waals surface area contributed by atoms with Crippen molar-refractivity contribution in [3.63, 3.8) is 0 Å². The molecule has 0 amide bonds. The largest absolute Gasteiger partial charge is 0.480 e. The average Bonchev–Trinajstić information content (AvgIpc) is 3.08. The van der Waals surface area contributed by atoms with E-state index >= 15 is 0 Å². The van der Waals surface area contributed by atoms with Gasteiger partial charge in [0.05, 0.1) is 6.54 Å². The van der Waals surface area contributed by atoms with E-state index in [1.54, 1.807) is 0 Å². The van der Waals surface area contributed by atoms with Crippen LogP contribution in [-0.4, -0.2) is 37.1 Å². The van der Waals surface area contributed by atoms with Crippen LogP contribution in [0, 0.1) is 0 Å².